The quantitative estimate of drug-likeness (QED) is 0.792. The van der Waals surface area contributed by atoms with Crippen molar-refractivity contribution in [1.82, 2.24) is 9.78 Å². The van der Waals surface area contributed by atoms with Gasteiger partial charge in [0.25, 0.3) is 0 Å². The lowest BCUT2D eigenvalue weighted by atomic mass is 10.4. The molecule has 1 aromatic rings. The fraction of sp³-hybridized carbons (Fsp3) is 0.571. The van der Waals surface area contributed by atoms with Crippen LogP contribution < -0.4 is 0 Å². The lowest BCUT2D eigenvalue weighted by molar-refractivity contribution is -0.195. The molecule has 14 heavy (non-hydrogen) atoms. The smallest absolute Gasteiger partial charge is 0.383 e. The van der Waals surface area contributed by atoms with Gasteiger partial charge in [-0.1, -0.05) is 0 Å². The van der Waals surface area contributed by atoms with Crippen LogP contribution in [-0.4, -0.2) is 32.9 Å². The number of nitrogens with zero attached hydrogens (tertiary/aromatic N) is 2. The van der Waals surface area contributed by atoms with Gasteiger partial charge in [0, 0.05) is 23.9 Å². The highest BCUT2D eigenvalue weighted by Gasteiger charge is 2.37. The monoisotopic (exact) mass is 226 g/mol. The summed E-state index contributed by atoms with van der Waals surface area (Å²) < 4.78 is 37.1. The second kappa shape index (κ2) is 4.22. The van der Waals surface area contributed by atoms with Crippen LogP contribution in [0.4, 0.5) is 13.2 Å². The van der Waals surface area contributed by atoms with Crippen molar-refractivity contribution in [2.24, 2.45) is 7.05 Å². The third-order valence-electron chi connectivity index (χ3n) is 1.47. The molecule has 0 radical (unpaired) electrons. The van der Waals surface area contributed by atoms with Gasteiger partial charge in [-0.15, -0.1) is 11.8 Å². The number of aromatic nitrogens is 2. The molecule has 1 heterocycles. The van der Waals surface area contributed by atoms with Crippen molar-refractivity contribution in [3.63, 3.8) is 0 Å². The van der Waals surface area contributed by atoms with Crippen molar-refractivity contribution in [3.05, 3.63) is 12.4 Å². The molecule has 0 saturated heterocycles. The third-order valence-corrected chi connectivity index (χ3v) is 2.49. The Morgan fingerprint density at radius 2 is 2.29 bits per heavy atom. The number of thioether (sulfide) groups is 1. The maximum atomic E-state index is 11.9. The highest BCUT2D eigenvalue weighted by molar-refractivity contribution is 7.99. The number of aliphatic hydroxyl groups is 1. The average Bonchev–Trinajstić information content (AvgIpc) is 2.45. The van der Waals surface area contributed by atoms with Gasteiger partial charge in [0.05, 0.1) is 6.20 Å². The van der Waals surface area contributed by atoms with E-state index in [2.05, 4.69) is 5.10 Å². The molecule has 1 rings (SSSR count). The zero-order valence-corrected chi connectivity index (χ0v) is 8.14. The first-order valence-electron chi connectivity index (χ1n) is 3.76. The van der Waals surface area contributed by atoms with Gasteiger partial charge < -0.3 is 5.11 Å². The van der Waals surface area contributed by atoms with Gasteiger partial charge in [0.2, 0.25) is 0 Å². The van der Waals surface area contributed by atoms with Crippen LogP contribution in [-0.2, 0) is 7.05 Å². The molecule has 1 N–H and O–H groups in total. The lowest BCUT2D eigenvalue weighted by Crippen LogP contribution is -2.30. The van der Waals surface area contributed by atoms with Gasteiger partial charge in [0.15, 0.2) is 6.10 Å². The molecule has 0 aliphatic carbocycles. The molecule has 7 heteroatoms. The number of alkyl halides is 3. The maximum Gasteiger partial charge on any atom is 0.415 e. The number of hydrogen-bond acceptors (Lipinski definition) is 3. The Kier molecular flexibility index (Phi) is 3.43. The van der Waals surface area contributed by atoms with E-state index < -0.39 is 18.0 Å². The number of rotatable bonds is 3. The Hall–Kier alpha value is -0.690. The van der Waals surface area contributed by atoms with E-state index in [1.54, 1.807) is 13.2 Å². The molecule has 0 aliphatic heterocycles. The standard InChI is InChI=1S/C7H9F3N2OS/c1-12-3-5(2-11-12)14-4-6(13)7(8,9)10/h2-3,6,13H,4H2,1H3. The van der Waals surface area contributed by atoms with Crippen LogP contribution in [0.1, 0.15) is 0 Å². The van der Waals surface area contributed by atoms with Gasteiger partial charge in [-0.2, -0.15) is 18.3 Å². The van der Waals surface area contributed by atoms with Crippen LogP contribution in [0.3, 0.4) is 0 Å². The summed E-state index contributed by atoms with van der Waals surface area (Å²) >= 11 is 0.923. The zero-order chi connectivity index (χ0) is 10.8. The van der Waals surface area contributed by atoms with Crippen molar-refractivity contribution in [1.29, 1.82) is 0 Å². The highest BCUT2D eigenvalue weighted by atomic mass is 32.2. The summed E-state index contributed by atoms with van der Waals surface area (Å²) in [5.41, 5.74) is 0. The second-order valence-electron chi connectivity index (χ2n) is 2.72. The minimum absolute atomic E-state index is 0.408. The normalized spacial score (nSPS) is 14.4. The maximum absolute atomic E-state index is 11.9. The first-order chi connectivity index (χ1) is 6.39. The van der Waals surface area contributed by atoms with Crippen LogP contribution in [0.25, 0.3) is 0 Å². The predicted molar refractivity (Wildman–Crippen MR) is 46.0 cm³/mol. The molecule has 0 amide bonds. The topological polar surface area (TPSA) is 38.0 Å². The van der Waals surface area contributed by atoms with Gasteiger partial charge in [-0.05, 0) is 0 Å². The van der Waals surface area contributed by atoms with Crippen LogP contribution in [0.5, 0.6) is 0 Å². The number of aryl methyl sites for hydroxylation is 1. The highest BCUT2D eigenvalue weighted by Crippen LogP contribution is 2.26. The van der Waals surface area contributed by atoms with Crippen molar-refractivity contribution in [2.75, 3.05) is 5.75 Å². The van der Waals surface area contributed by atoms with Crippen LogP contribution in [0, 0.1) is 0 Å². The summed E-state index contributed by atoms with van der Waals surface area (Å²) in [5.74, 6) is -0.408. The SMILES string of the molecule is Cn1cc(SCC(O)C(F)(F)F)cn1. The Bertz CT molecular complexity index is 299. The summed E-state index contributed by atoms with van der Waals surface area (Å²) in [7, 11) is 1.67. The van der Waals surface area contributed by atoms with Crippen molar-refractivity contribution < 1.29 is 18.3 Å². The van der Waals surface area contributed by atoms with Crippen molar-refractivity contribution in [3.8, 4) is 0 Å². The zero-order valence-electron chi connectivity index (χ0n) is 7.32. The van der Waals surface area contributed by atoms with E-state index in [4.69, 9.17) is 5.11 Å². The van der Waals surface area contributed by atoms with Gasteiger partial charge in [-0.3, -0.25) is 4.68 Å². The summed E-state index contributed by atoms with van der Waals surface area (Å²) in [6.45, 7) is 0. The first-order valence-corrected chi connectivity index (χ1v) is 4.74. The summed E-state index contributed by atoms with van der Waals surface area (Å²) in [6, 6.07) is 0. The van der Waals surface area contributed by atoms with E-state index in [0.717, 1.165) is 11.8 Å². The lowest BCUT2D eigenvalue weighted by Gasteiger charge is -2.12. The van der Waals surface area contributed by atoms with E-state index in [1.165, 1.54) is 10.9 Å². The molecule has 0 saturated carbocycles. The minimum atomic E-state index is -4.55. The van der Waals surface area contributed by atoms with Crippen LogP contribution >= 0.6 is 11.8 Å². The third kappa shape index (κ3) is 3.22. The van der Waals surface area contributed by atoms with Crippen molar-refractivity contribution in [2.45, 2.75) is 17.2 Å². The number of aliphatic hydroxyl groups excluding tert-OH is 1. The van der Waals surface area contributed by atoms with E-state index in [1.807, 2.05) is 0 Å². The Labute approximate surface area is 82.9 Å². The fourth-order valence-corrected chi connectivity index (χ4v) is 1.63. The molecule has 0 aromatic carbocycles. The molecule has 0 aliphatic rings. The number of halogens is 3. The van der Waals surface area contributed by atoms with Crippen molar-refractivity contribution >= 4 is 11.8 Å². The summed E-state index contributed by atoms with van der Waals surface area (Å²) in [4.78, 5) is 0.607. The van der Waals surface area contributed by atoms with Gasteiger partial charge in [-0.25, -0.2) is 0 Å². The van der Waals surface area contributed by atoms with E-state index in [-0.39, 0.29) is 0 Å². The summed E-state index contributed by atoms with van der Waals surface area (Å²) in [6.07, 6.45) is -3.79. The molecular formula is C7H9F3N2OS. The fourth-order valence-electron chi connectivity index (χ4n) is 0.743. The van der Waals surface area contributed by atoms with Gasteiger partial charge >= 0.3 is 6.18 Å². The molecule has 1 atom stereocenters. The van der Waals surface area contributed by atoms with E-state index in [0.29, 0.717) is 4.90 Å². The molecule has 0 fully saturated rings. The molecule has 3 nitrogen and oxygen atoms in total. The number of hydrogen-bond donors (Lipinski definition) is 1. The molecule has 0 spiro atoms. The molecule has 80 valence electrons. The molecular weight excluding hydrogens is 217 g/mol. The molecule has 1 aromatic heterocycles. The largest absolute Gasteiger partial charge is 0.415 e. The second-order valence-corrected chi connectivity index (χ2v) is 3.81. The molecule has 1 unspecified atom stereocenters. The Balaban J connectivity index is 2.41. The Morgan fingerprint density at radius 1 is 1.64 bits per heavy atom. The van der Waals surface area contributed by atoms with Gasteiger partial charge in [0.1, 0.15) is 0 Å². The van der Waals surface area contributed by atoms with E-state index >= 15 is 0 Å². The first kappa shape index (κ1) is 11.4. The van der Waals surface area contributed by atoms with Crippen LogP contribution in [0.15, 0.2) is 17.3 Å². The van der Waals surface area contributed by atoms with Crippen LogP contribution in [0.2, 0.25) is 0 Å². The Morgan fingerprint density at radius 3 is 2.71 bits per heavy atom. The minimum Gasteiger partial charge on any atom is -0.383 e. The average molecular weight is 226 g/mol. The molecule has 0 bridgehead atoms. The predicted octanol–water partition coefficient (Wildman–Crippen LogP) is 1.44. The summed E-state index contributed by atoms with van der Waals surface area (Å²) in [5, 5.41) is 12.5. The van der Waals surface area contributed by atoms with E-state index in [9.17, 15) is 13.2 Å².